The molecule has 1 amide bonds. The number of aromatic nitrogens is 4. The van der Waals surface area contributed by atoms with Crippen molar-refractivity contribution in [2.45, 2.75) is 31.3 Å². The smallest absolute Gasteiger partial charge is 0.275 e. The molecule has 154 valence electrons. The number of benzene rings is 1. The molecule has 1 aromatic carbocycles. The Balaban J connectivity index is 1.58. The second kappa shape index (κ2) is 7.12. The molecule has 0 radical (unpaired) electrons. The number of carbonyl (C=O) groups excluding carboxylic acids is 1. The third-order valence-corrected chi connectivity index (χ3v) is 5.88. The van der Waals surface area contributed by atoms with Crippen molar-refractivity contribution in [2.24, 2.45) is 7.05 Å². The summed E-state index contributed by atoms with van der Waals surface area (Å²) in [5, 5.41) is 7.82. The number of fused-ring (bicyclic) bond motifs is 4. The van der Waals surface area contributed by atoms with Gasteiger partial charge >= 0.3 is 0 Å². The van der Waals surface area contributed by atoms with E-state index in [4.69, 9.17) is 9.97 Å². The fourth-order valence-corrected chi connectivity index (χ4v) is 4.52. The SMILES string of the molecule is CN(C)c1nc2c(c(Nc3ccccc3)n1)C1CCC(C2)N1C(=O)c1ccn(C)n1. The van der Waals surface area contributed by atoms with Crippen molar-refractivity contribution in [1.82, 2.24) is 24.6 Å². The van der Waals surface area contributed by atoms with Crippen LogP contribution in [0.4, 0.5) is 17.5 Å². The van der Waals surface area contributed by atoms with Crippen LogP contribution in [-0.4, -0.2) is 50.7 Å². The van der Waals surface area contributed by atoms with E-state index in [0.29, 0.717) is 11.6 Å². The number of amides is 1. The van der Waals surface area contributed by atoms with Crippen molar-refractivity contribution in [3.05, 3.63) is 59.5 Å². The monoisotopic (exact) mass is 403 g/mol. The number of nitrogens with one attached hydrogen (secondary N) is 1. The molecule has 2 unspecified atom stereocenters. The minimum Gasteiger partial charge on any atom is -0.347 e. The summed E-state index contributed by atoms with van der Waals surface area (Å²) in [6.07, 6.45) is 4.41. The second-order valence-corrected chi connectivity index (χ2v) is 8.16. The summed E-state index contributed by atoms with van der Waals surface area (Å²) in [7, 11) is 5.72. The summed E-state index contributed by atoms with van der Waals surface area (Å²) in [5.74, 6) is 1.44. The van der Waals surface area contributed by atoms with Gasteiger partial charge in [0.05, 0.1) is 11.7 Å². The highest BCUT2D eigenvalue weighted by molar-refractivity contribution is 5.93. The normalized spacial score (nSPS) is 19.5. The van der Waals surface area contributed by atoms with Gasteiger partial charge in [0.25, 0.3) is 5.91 Å². The van der Waals surface area contributed by atoms with Crippen molar-refractivity contribution in [2.75, 3.05) is 24.3 Å². The average molecular weight is 403 g/mol. The zero-order valence-electron chi connectivity index (χ0n) is 17.4. The molecule has 8 heteroatoms. The third-order valence-electron chi connectivity index (χ3n) is 5.88. The van der Waals surface area contributed by atoms with Crippen LogP contribution in [0.2, 0.25) is 0 Å². The van der Waals surface area contributed by atoms with Gasteiger partial charge in [0.1, 0.15) is 11.5 Å². The highest BCUT2D eigenvalue weighted by Crippen LogP contribution is 2.47. The van der Waals surface area contributed by atoms with E-state index in [1.807, 2.05) is 67.5 Å². The van der Waals surface area contributed by atoms with Crippen LogP contribution in [0.25, 0.3) is 0 Å². The first-order chi connectivity index (χ1) is 14.5. The molecule has 2 bridgehead atoms. The standard InChI is InChI=1S/C22H25N7O/c1-27(2)22-24-17-13-15-9-10-18(29(15)21(30)16-11-12-28(3)26-16)19(17)20(25-22)23-14-7-5-4-6-8-14/h4-8,11-12,15,18H,9-10,13H2,1-3H3,(H,23,24,25). The van der Waals surface area contributed by atoms with Crippen molar-refractivity contribution in [3.8, 4) is 0 Å². The van der Waals surface area contributed by atoms with Gasteiger partial charge in [-0.25, -0.2) is 4.98 Å². The van der Waals surface area contributed by atoms with E-state index >= 15 is 0 Å². The van der Waals surface area contributed by atoms with E-state index < -0.39 is 0 Å². The van der Waals surface area contributed by atoms with Gasteiger partial charge in [-0.05, 0) is 31.0 Å². The van der Waals surface area contributed by atoms with Gasteiger partial charge in [0.2, 0.25) is 5.95 Å². The Morgan fingerprint density at radius 3 is 2.63 bits per heavy atom. The van der Waals surface area contributed by atoms with E-state index in [9.17, 15) is 4.79 Å². The Hall–Kier alpha value is -3.42. The maximum atomic E-state index is 13.3. The average Bonchev–Trinajstić information content (AvgIpc) is 3.30. The number of para-hydroxylation sites is 1. The summed E-state index contributed by atoms with van der Waals surface area (Å²) < 4.78 is 1.67. The number of hydrogen-bond acceptors (Lipinski definition) is 6. The number of rotatable bonds is 4. The van der Waals surface area contributed by atoms with Crippen LogP contribution in [0.3, 0.4) is 0 Å². The second-order valence-electron chi connectivity index (χ2n) is 8.16. The Morgan fingerprint density at radius 1 is 1.13 bits per heavy atom. The molecule has 8 nitrogen and oxygen atoms in total. The van der Waals surface area contributed by atoms with E-state index in [1.54, 1.807) is 10.7 Å². The molecule has 30 heavy (non-hydrogen) atoms. The molecule has 2 atom stereocenters. The summed E-state index contributed by atoms with van der Waals surface area (Å²) in [6, 6.07) is 11.9. The molecule has 0 aliphatic carbocycles. The molecule has 2 aliphatic rings. The Labute approximate surface area is 175 Å². The molecular formula is C22H25N7O. The third kappa shape index (κ3) is 3.08. The van der Waals surface area contributed by atoms with Crippen LogP contribution in [0, 0.1) is 0 Å². The van der Waals surface area contributed by atoms with Gasteiger partial charge in [0.15, 0.2) is 0 Å². The van der Waals surface area contributed by atoms with Crippen LogP contribution >= 0.6 is 0 Å². The molecule has 2 aliphatic heterocycles. The summed E-state index contributed by atoms with van der Waals surface area (Å²) in [4.78, 5) is 26.9. The molecule has 4 heterocycles. The summed E-state index contributed by atoms with van der Waals surface area (Å²) >= 11 is 0. The van der Waals surface area contributed by atoms with Crippen molar-refractivity contribution in [1.29, 1.82) is 0 Å². The predicted molar refractivity (Wildman–Crippen MR) is 115 cm³/mol. The maximum absolute atomic E-state index is 13.3. The maximum Gasteiger partial charge on any atom is 0.275 e. The lowest BCUT2D eigenvalue weighted by molar-refractivity contribution is 0.0638. The van der Waals surface area contributed by atoms with Gasteiger partial charge in [0, 0.05) is 51.1 Å². The molecule has 3 aromatic rings. The predicted octanol–water partition coefficient (Wildman–Crippen LogP) is 2.92. The zero-order chi connectivity index (χ0) is 20.8. The van der Waals surface area contributed by atoms with Gasteiger partial charge < -0.3 is 15.1 Å². The van der Waals surface area contributed by atoms with Gasteiger partial charge in [-0.3, -0.25) is 9.48 Å². The number of carbonyl (C=O) groups is 1. The highest BCUT2D eigenvalue weighted by atomic mass is 16.2. The summed E-state index contributed by atoms with van der Waals surface area (Å²) in [6.45, 7) is 0. The highest BCUT2D eigenvalue weighted by Gasteiger charge is 2.45. The summed E-state index contributed by atoms with van der Waals surface area (Å²) in [5.41, 5.74) is 3.51. The molecule has 1 fully saturated rings. The van der Waals surface area contributed by atoms with Crippen molar-refractivity contribution < 1.29 is 4.79 Å². The molecule has 1 saturated heterocycles. The fraction of sp³-hybridized carbons (Fsp3) is 0.364. The van der Waals surface area contributed by atoms with E-state index in [-0.39, 0.29) is 18.0 Å². The number of anilines is 3. The van der Waals surface area contributed by atoms with Crippen LogP contribution in [0.1, 0.15) is 40.6 Å². The largest absolute Gasteiger partial charge is 0.347 e. The fourth-order valence-electron chi connectivity index (χ4n) is 4.52. The Bertz CT molecular complexity index is 1090. The number of nitrogens with zero attached hydrogens (tertiary/aromatic N) is 6. The first-order valence-electron chi connectivity index (χ1n) is 10.2. The van der Waals surface area contributed by atoms with Gasteiger partial charge in [-0.1, -0.05) is 18.2 Å². The van der Waals surface area contributed by atoms with Crippen LogP contribution in [0.5, 0.6) is 0 Å². The first kappa shape index (κ1) is 18.6. The molecule has 5 rings (SSSR count). The van der Waals surface area contributed by atoms with Crippen LogP contribution < -0.4 is 10.2 Å². The number of hydrogen-bond donors (Lipinski definition) is 1. The van der Waals surface area contributed by atoms with Crippen molar-refractivity contribution >= 4 is 23.4 Å². The number of aryl methyl sites for hydroxylation is 1. The van der Waals surface area contributed by atoms with E-state index in [1.165, 1.54) is 0 Å². The van der Waals surface area contributed by atoms with Crippen LogP contribution in [0.15, 0.2) is 42.6 Å². The Morgan fingerprint density at radius 2 is 1.93 bits per heavy atom. The zero-order valence-corrected chi connectivity index (χ0v) is 17.4. The molecular weight excluding hydrogens is 378 g/mol. The molecule has 0 spiro atoms. The van der Waals surface area contributed by atoms with E-state index in [0.717, 1.165) is 42.0 Å². The first-order valence-corrected chi connectivity index (χ1v) is 10.2. The lowest BCUT2D eigenvalue weighted by atomic mass is 9.97. The van der Waals surface area contributed by atoms with Crippen molar-refractivity contribution in [3.63, 3.8) is 0 Å². The Kier molecular flexibility index (Phi) is 4.42. The van der Waals surface area contributed by atoms with Gasteiger partial charge in [-0.15, -0.1) is 0 Å². The van der Waals surface area contributed by atoms with Crippen LogP contribution in [-0.2, 0) is 13.5 Å². The minimum atomic E-state index is -0.0457. The van der Waals surface area contributed by atoms with E-state index in [2.05, 4.69) is 10.4 Å². The lowest BCUT2D eigenvalue weighted by Gasteiger charge is -2.36. The minimum absolute atomic E-state index is 0.0175. The molecule has 1 N–H and O–H groups in total. The molecule has 2 aromatic heterocycles. The quantitative estimate of drug-likeness (QED) is 0.722. The lowest BCUT2D eigenvalue weighted by Crippen LogP contribution is -2.43. The topological polar surface area (TPSA) is 79.2 Å². The van der Waals surface area contributed by atoms with Gasteiger partial charge in [-0.2, -0.15) is 10.1 Å². The molecule has 0 saturated carbocycles.